The molecule has 0 rings (SSSR count). The number of ether oxygens (including phenoxy) is 3. The van der Waals surface area contributed by atoms with E-state index in [2.05, 4.69) is 179 Å². The van der Waals surface area contributed by atoms with Crippen LogP contribution in [0.4, 0.5) is 0 Å². The molecule has 0 amide bonds. The summed E-state index contributed by atoms with van der Waals surface area (Å²) in [6.45, 7) is 6.35. The first-order chi connectivity index (χ1) is 40.0. The van der Waals surface area contributed by atoms with Crippen molar-refractivity contribution in [3.63, 3.8) is 0 Å². The molecule has 0 aliphatic carbocycles. The highest BCUT2D eigenvalue weighted by atomic mass is 16.6. The summed E-state index contributed by atoms with van der Waals surface area (Å²) in [6, 6.07) is 0. The van der Waals surface area contributed by atoms with Crippen LogP contribution in [-0.2, 0) is 28.6 Å². The van der Waals surface area contributed by atoms with Crippen LogP contribution < -0.4 is 0 Å². The summed E-state index contributed by atoms with van der Waals surface area (Å²) in [5, 5.41) is 0. The van der Waals surface area contributed by atoms with Crippen LogP contribution in [-0.4, -0.2) is 37.2 Å². The quantitative estimate of drug-likeness (QED) is 0.0261. The zero-order valence-corrected chi connectivity index (χ0v) is 52.2. The fourth-order valence-electron chi connectivity index (χ4n) is 8.62. The highest BCUT2D eigenvalue weighted by Crippen LogP contribution is 2.15. The van der Waals surface area contributed by atoms with Crippen molar-refractivity contribution in [3.8, 4) is 0 Å². The van der Waals surface area contributed by atoms with Gasteiger partial charge in [-0.05, 0) is 148 Å². The first kappa shape index (κ1) is 76.0. The molecule has 0 aromatic carbocycles. The van der Waals surface area contributed by atoms with Crippen LogP contribution in [0, 0.1) is 0 Å². The Bertz CT molecular complexity index is 1810. The lowest BCUT2D eigenvalue weighted by atomic mass is 10.1. The first-order valence-electron chi connectivity index (χ1n) is 33.0. The molecule has 0 fully saturated rings. The topological polar surface area (TPSA) is 78.9 Å². The van der Waals surface area contributed by atoms with E-state index in [0.29, 0.717) is 19.3 Å². The van der Waals surface area contributed by atoms with Crippen LogP contribution in [0.25, 0.3) is 0 Å². The van der Waals surface area contributed by atoms with Crippen molar-refractivity contribution in [2.75, 3.05) is 13.2 Å². The van der Waals surface area contributed by atoms with Gasteiger partial charge in [-0.15, -0.1) is 0 Å². The van der Waals surface area contributed by atoms with Crippen molar-refractivity contribution in [2.24, 2.45) is 0 Å². The molecule has 1 unspecified atom stereocenters. The van der Waals surface area contributed by atoms with Crippen LogP contribution in [0.2, 0.25) is 0 Å². The van der Waals surface area contributed by atoms with Gasteiger partial charge in [-0.2, -0.15) is 0 Å². The van der Waals surface area contributed by atoms with E-state index in [9.17, 15) is 14.4 Å². The molecule has 0 aromatic heterocycles. The second kappa shape index (κ2) is 67.5. The summed E-state index contributed by atoms with van der Waals surface area (Å²) in [7, 11) is 0. The van der Waals surface area contributed by atoms with Crippen molar-refractivity contribution >= 4 is 17.9 Å². The number of carbonyl (C=O) groups excluding carboxylic acids is 3. The molecule has 0 heterocycles. The number of carbonyl (C=O) groups is 3. The minimum Gasteiger partial charge on any atom is -0.462 e. The van der Waals surface area contributed by atoms with Gasteiger partial charge >= 0.3 is 17.9 Å². The Morgan fingerprint density at radius 1 is 0.259 bits per heavy atom. The van der Waals surface area contributed by atoms with E-state index in [1.54, 1.807) is 0 Å². The van der Waals surface area contributed by atoms with E-state index in [1.807, 2.05) is 0 Å². The third-order valence-electron chi connectivity index (χ3n) is 13.5. The Kier molecular flexibility index (Phi) is 63.4. The lowest BCUT2D eigenvalue weighted by molar-refractivity contribution is -0.167. The maximum atomic E-state index is 12.9. The monoisotopic (exact) mass is 1120 g/mol. The lowest BCUT2D eigenvalue weighted by Crippen LogP contribution is -2.30. The fourth-order valence-corrected chi connectivity index (χ4v) is 8.62. The highest BCUT2D eigenvalue weighted by Gasteiger charge is 2.19. The molecule has 0 spiro atoms. The highest BCUT2D eigenvalue weighted by molar-refractivity contribution is 5.71. The van der Waals surface area contributed by atoms with E-state index in [4.69, 9.17) is 14.2 Å². The zero-order chi connectivity index (χ0) is 58.5. The van der Waals surface area contributed by atoms with Crippen molar-refractivity contribution < 1.29 is 28.6 Å². The average molecular weight is 1120 g/mol. The number of rotatable bonds is 58. The van der Waals surface area contributed by atoms with Crippen LogP contribution in [0.5, 0.6) is 0 Å². The van der Waals surface area contributed by atoms with E-state index in [1.165, 1.54) is 77.0 Å². The maximum absolute atomic E-state index is 12.9. The third kappa shape index (κ3) is 65.7. The maximum Gasteiger partial charge on any atom is 0.306 e. The number of hydrogen-bond donors (Lipinski definition) is 0. The molecular weight excluding hydrogens is 997 g/mol. The Morgan fingerprint density at radius 2 is 0.481 bits per heavy atom. The summed E-state index contributed by atoms with van der Waals surface area (Å²) in [6.07, 6.45) is 98.1. The number of unbranched alkanes of at least 4 members (excludes halogenated alkanes) is 21. The molecule has 1 atom stereocenters. The van der Waals surface area contributed by atoms with Crippen LogP contribution in [0.1, 0.15) is 278 Å². The van der Waals surface area contributed by atoms with Gasteiger partial charge in [0.1, 0.15) is 13.2 Å². The van der Waals surface area contributed by atoms with Gasteiger partial charge in [0, 0.05) is 19.3 Å². The Hall–Kier alpha value is -4.97. The van der Waals surface area contributed by atoms with Crippen LogP contribution in [0.3, 0.4) is 0 Å². The molecule has 0 aromatic rings. The summed E-state index contributed by atoms with van der Waals surface area (Å²) in [4.78, 5) is 38.4. The van der Waals surface area contributed by atoms with Gasteiger partial charge in [-0.25, -0.2) is 0 Å². The largest absolute Gasteiger partial charge is 0.462 e. The molecule has 0 N–H and O–H groups in total. The van der Waals surface area contributed by atoms with Gasteiger partial charge in [-0.1, -0.05) is 269 Å². The molecule has 0 bridgehead atoms. The predicted molar refractivity (Wildman–Crippen MR) is 352 cm³/mol. The summed E-state index contributed by atoms with van der Waals surface area (Å²) in [5.41, 5.74) is 0. The van der Waals surface area contributed by atoms with Crippen molar-refractivity contribution in [3.05, 3.63) is 158 Å². The second-order valence-corrected chi connectivity index (χ2v) is 21.3. The van der Waals surface area contributed by atoms with E-state index in [0.717, 1.165) is 154 Å². The molecule has 0 aliphatic heterocycles. The molecule has 0 saturated heterocycles. The summed E-state index contributed by atoms with van der Waals surface area (Å²) >= 11 is 0. The van der Waals surface area contributed by atoms with Crippen LogP contribution >= 0.6 is 0 Å². The first-order valence-corrected chi connectivity index (χ1v) is 33.0. The number of esters is 3. The van der Waals surface area contributed by atoms with Crippen LogP contribution in [0.15, 0.2) is 158 Å². The van der Waals surface area contributed by atoms with Gasteiger partial charge in [0.25, 0.3) is 0 Å². The van der Waals surface area contributed by atoms with E-state index < -0.39 is 6.10 Å². The smallest absolute Gasteiger partial charge is 0.306 e. The van der Waals surface area contributed by atoms with Gasteiger partial charge in [0.05, 0.1) is 0 Å². The van der Waals surface area contributed by atoms with Crippen molar-refractivity contribution in [1.29, 1.82) is 0 Å². The van der Waals surface area contributed by atoms with E-state index in [-0.39, 0.29) is 37.5 Å². The minimum absolute atomic E-state index is 0.105. The van der Waals surface area contributed by atoms with Gasteiger partial charge in [0.2, 0.25) is 0 Å². The predicted octanol–water partition coefficient (Wildman–Crippen LogP) is 22.9. The Balaban J connectivity index is 4.49. The van der Waals surface area contributed by atoms with Crippen molar-refractivity contribution in [2.45, 2.75) is 284 Å². The molecule has 0 aliphatic rings. The molecule has 0 radical (unpaired) electrons. The number of hydrogen-bond acceptors (Lipinski definition) is 6. The van der Waals surface area contributed by atoms with Gasteiger partial charge in [-0.3, -0.25) is 14.4 Å². The Morgan fingerprint density at radius 3 is 0.765 bits per heavy atom. The summed E-state index contributed by atoms with van der Waals surface area (Å²) < 4.78 is 16.9. The molecular formula is C75H120O6. The normalized spacial score (nSPS) is 13.2. The molecule has 0 saturated carbocycles. The van der Waals surface area contributed by atoms with Crippen molar-refractivity contribution in [1.82, 2.24) is 0 Å². The summed E-state index contributed by atoms with van der Waals surface area (Å²) in [5.74, 6) is -0.956. The average Bonchev–Trinajstić information content (AvgIpc) is 3.47. The third-order valence-corrected chi connectivity index (χ3v) is 13.5. The van der Waals surface area contributed by atoms with E-state index >= 15 is 0 Å². The molecule has 6 heteroatoms. The molecule has 6 nitrogen and oxygen atoms in total. The van der Waals surface area contributed by atoms with Gasteiger partial charge in [0.15, 0.2) is 6.10 Å². The zero-order valence-electron chi connectivity index (χ0n) is 52.2. The lowest BCUT2D eigenvalue weighted by Gasteiger charge is -2.18. The Labute approximate surface area is 499 Å². The molecule has 456 valence electrons. The standard InChI is InChI=1S/C75H120O6/c1-4-7-10-13-16-19-22-25-28-31-34-35-36-37-38-39-42-44-47-50-53-56-59-62-65-68-74(77)80-71-72(81-75(78)69-66-63-60-57-54-51-48-45-41-33-30-27-24-21-18-15-12-9-6-3)70-79-73(76)67-64-61-58-55-52-49-46-43-40-32-29-26-23-20-17-14-11-8-5-2/h7,9-10,12,16-21,25-30,34-35,37-38,40-41,43,45,51,54,72H,4-6,8,11,13-15,22-24,31-33,36,39,42,44,46-50,52-53,55-71H2,1-3H3/b10-7-,12-9-,19-16-,20-17-,21-18-,28-25-,29-26-,30-27-,35-34-,38-37-,43-40-,45-41-,54-51-. The molecule has 81 heavy (non-hydrogen) atoms. The number of allylic oxidation sites excluding steroid dienone is 26. The minimum atomic E-state index is -0.814. The van der Waals surface area contributed by atoms with Gasteiger partial charge < -0.3 is 14.2 Å². The fraction of sp³-hybridized carbons (Fsp3) is 0.613. The SMILES string of the molecule is CC/C=C\C/C=C\C/C=C\C/C=C\C/C=C\CCCCCCCCCCCC(=O)OCC(COC(=O)CCCCCCCC/C=C\C/C=C\C/C=C\CCCCC)OC(=O)CCCCC/C=C\C/C=C\C/C=C\C/C=C\C/C=C\CC. The second-order valence-electron chi connectivity index (χ2n) is 21.3.